The van der Waals surface area contributed by atoms with Gasteiger partial charge >= 0.3 is 0 Å². The largest absolute Gasteiger partial charge is 0.389 e. The molecular weight excluding hydrogens is 192 g/mol. The van der Waals surface area contributed by atoms with Gasteiger partial charge in [-0.2, -0.15) is 0 Å². The third kappa shape index (κ3) is 2.53. The Morgan fingerprint density at radius 2 is 2.47 bits per heavy atom. The highest BCUT2D eigenvalue weighted by Gasteiger charge is 2.27. The van der Waals surface area contributed by atoms with Crippen molar-refractivity contribution in [1.29, 1.82) is 0 Å². The first kappa shape index (κ1) is 10.5. The van der Waals surface area contributed by atoms with Crippen LogP contribution in [0.2, 0.25) is 0 Å². The first-order valence-electron chi connectivity index (χ1n) is 5.19. The molecule has 4 nitrogen and oxygen atoms in total. The minimum absolute atomic E-state index is 0.0280. The van der Waals surface area contributed by atoms with E-state index in [1.807, 2.05) is 18.3 Å². The number of aliphatic hydroxyl groups excluding tert-OH is 1. The molecule has 2 N–H and O–H groups in total. The van der Waals surface area contributed by atoms with Crippen LogP contribution in [0.4, 0.5) is 0 Å². The van der Waals surface area contributed by atoms with Crippen LogP contribution < -0.4 is 5.32 Å². The number of nitrogens with one attached hydrogen (secondary N) is 1. The molecule has 1 aliphatic heterocycles. The smallest absolute Gasteiger partial charge is 0.0948 e. The molecule has 1 saturated heterocycles. The van der Waals surface area contributed by atoms with E-state index in [-0.39, 0.29) is 12.1 Å². The standard InChI is InChI=1S/C11H16N2O2/c1-8(9-3-2-4-12-5-9)13-10-6-15-7-11(10)14/h2-5,8,10-11,13-14H,6-7H2,1H3/t8-,10?,11?/m1/s1. The van der Waals surface area contributed by atoms with Gasteiger partial charge in [0, 0.05) is 18.4 Å². The van der Waals surface area contributed by atoms with Crippen LogP contribution in [-0.2, 0) is 4.74 Å². The van der Waals surface area contributed by atoms with Crippen LogP contribution in [0.1, 0.15) is 18.5 Å². The number of ether oxygens (including phenoxy) is 1. The number of hydrogen-bond acceptors (Lipinski definition) is 4. The van der Waals surface area contributed by atoms with Gasteiger partial charge in [0.1, 0.15) is 0 Å². The molecule has 2 rings (SSSR count). The molecule has 0 radical (unpaired) electrons. The van der Waals surface area contributed by atoms with Crippen LogP contribution in [-0.4, -0.2) is 35.5 Å². The van der Waals surface area contributed by atoms with Crippen molar-refractivity contribution in [2.45, 2.75) is 25.1 Å². The summed E-state index contributed by atoms with van der Waals surface area (Å²) in [5, 5.41) is 12.9. The summed E-state index contributed by atoms with van der Waals surface area (Å²) in [5.74, 6) is 0. The first-order chi connectivity index (χ1) is 7.27. The number of hydrogen-bond donors (Lipinski definition) is 2. The monoisotopic (exact) mass is 208 g/mol. The molecule has 2 heterocycles. The van der Waals surface area contributed by atoms with Crippen molar-refractivity contribution in [3.8, 4) is 0 Å². The molecule has 82 valence electrons. The normalized spacial score (nSPS) is 27.9. The van der Waals surface area contributed by atoms with E-state index in [0.29, 0.717) is 13.2 Å². The molecule has 3 atom stereocenters. The molecule has 0 bridgehead atoms. The van der Waals surface area contributed by atoms with Crippen molar-refractivity contribution >= 4 is 0 Å². The van der Waals surface area contributed by atoms with Gasteiger partial charge in [0.25, 0.3) is 0 Å². The highest BCUT2D eigenvalue weighted by Crippen LogP contribution is 2.14. The molecule has 0 aliphatic carbocycles. The summed E-state index contributed by atoms with van der Waals surface area (Å²) in [6, 6.07) is 4.14. The zero-order valence-electron chi connectivity index (χ0n) is 8.76. The maximum absolute atomic E-state index is 9.58. The van der Waals surface area contributed by atoms with Crippen molar-refractivity contribution in [2.75, 3.05) is 13.2 Å². The first-order valence-corrected chi connectivity index (χ1v) is 5.19. The fourth-order valence-electron chi connectivity index (χ4n) is 1.75. The lowest BCUT2D eigenvalue weighted by molar-refractivity contribution is 0.121. The predicted molar refractivity (Wildman–Crippen MR) is 56.4 cm³/mol. The van der Waals surface area contributed by atoms with E-state index < -0.39 is 6.10 Å². The van der Waals surface area contributed by atoms with Crippen molar-refractivity contribution in [3.05, 3.63) is 30.1 Å². The number of rotatable bonds is 3. The number of nitrogens with zero attached hydrogens (tertiary/aromatic N) is 1. The minimum atomic E-state index is -0.399. The van der Waals surface area contributed by atoms with Crippen LogP contribution in [0.15, 0.2) is 24.5 Å². The Kier molecular flexibility index (Phi) is 3.30. The summed E-state index contributed by atoms with van der Waals surface area (Å²) in [5.41, 5.74) is 1.12. The van der Waals surface area contributed by atoms with E-state index in [4.69, 9.17) is 4.74 Å². The van der Waals surface area contributed by atoms with Gasteiger partial charge in [-0.1, -0.05) is 6.07 Å². The van der Waals surface area contributed by atoms with Gasteiger partial charge in [-0.25, -0.2) is 0 Å². The van der Waals surface area contributed by atoms with Crippen molar-refractivity contribution < 1.29 is 9.84 Å². The summed E-state index contributed by atoms with van der Waals surface area (Å²) < 4.78 is 5.18. The average molecular weight is 208 g/mol. The fraction of sp³-hybridized carbons (Fsp3) is 0.545. The second-order valence-corrected chi connectivity index (χ2v) is 3.89. The lowest BCUT2D eigenvalue weighted by atomic mass is 10.1. The molecule has 0 spiro atoms. The molecule has 4 heteroatoms. The van der Waals surface area contributed by atoms with E-state index in [1.54, 1.807) is 6.20 Å². The highest BCUT2D eigenvalue weighted by molar-refractivity contribution is 5.13. The molecule has 15 heavy (non-hydrogen) atoms. The summed E-state index contributed by atoms with van der Waals surface area (Å²) in [6.45, 7) is 3.06. The Labute approximate surface area is 89.3 Å². The van der Waals surface area contributed by atoms with Crippen LogP contribution in [0.3, 0.4) is 0 Å². The third-order valence-electron chi connectivity index (χ3n) is 2.70. The molecule has 0 saturated carbocycles. The summed E-state index contributed by atoms with van der Waals surface area (Å²) in [7, 11) is 0. The molecule has 1 fully saturated rings. The molecule has 1 aromatic rings. The lowest BCUT2D eigenvalue weighted by Crippen LogP contribution is -2.40. The maximum atomic E-state index is 9.58. The van der Waals surface area contributed by atoms with Gasteiger partial charge in [-0.3, -0.25) is 4.98 Å². The van der Waals surface area contributed by atoms with E-state index in [0.717, 1.165) is 5.56 Å². The van der Waals surface area contributed by atoms with Crippen LogP contribution in [0.5, 0.6) is 0 Å². The van der Waals surface area contributed by atoms with Gasteiger partial charge in [-0.05, 0) is 18.6 Å². The second-order valence-electron chi connectivity index (χ2n) is 3.89. The average Bonchev–Trinajstić information content (AvgIpc) is 2.66. The summed E-state index contributed by atoms with van der Waals surface area (Å²) in [4.78, 5) is 4.07. The van der Waals surface area contributed by atoms with Crippen LogP contribution in [0.25, 0.3) is 0 Å². The molecule has 1 aromatic heterocycles. The Bertz CT molecular complexity index is 305. The third-order valence-corrected chi connectivity index (χ3v) is 2.70. The Balaban J connectivity index is 1.95. The van der Waals surface area contributed by atoms with Crippen LogP contribution >= 0.6 is 0 Å². The zero-order valence-corrected chi connectivity index (χ0v) is 8.76. The van der Waals surface area contributed by atoms with Crippen molar-refractivity contribution in [1.82, 2.24) is 10.3 Å². The highest BCUT2D eigenvalue weighted by atomic mass is 16.5. The van der Waals surface area contributed by atoms with E-state index >= 15 is 0 Å². The maximum Gasteiger partial charge on any atom is 0.0948 e. The topological polar surface area (TPSA) is 54.4 Å². The summed E-state index contributed by atoms with van der Waals surface area (Å²) in [6.07, 6.45) is 3.19. The van der Waals surface area contributed by atoms with Gasteiger partial charge < -0.3 is 15.2 Å². The number of aromatic nitrogens is 1. The molecular formula is C11H16N2O2. The van der Waals surface area contributed by atoms with Gasteiger partial charge in [0.2, 0.25) is 0 Å². The molecule has 0 amide bonds. The minimum Gasteiger partial charge on any atom is -0.389 e. The Morgan fingerprint density at radius 3 is 3.07 bits per heavy atom. The van der Waals surface area contributed by atoms with E-state index in [1.165, 1.54) is 0 Å². The van der Waals surface area contributed by atoms with Crippen molar-refractivity contribution in [3.63, 3.8) is 0 Å². The predicted octanol–water partition coefficient (Wildman–Crippen LogP) is 0.492. The van der Waals surface area contributed by atoms with E-state index in [2.05, 4.69) is 17.2 Å². The quantitative estimate of drug-likeness (QED) is 0.759. The number of pyridine rings is 1. The molecule has 1 aliphatic rings. The summed E-state index contributed by atoms with van der Waals surface area (Å²) >= 11 is 0. The van der Waals surface area contributed by atoms with Gasteiger partial charge in [0.15, 0.2) is 0 Å². The molecule has 2 unspecified atom stereocenters. The zero-order chi connectivity index (χ0) is 10.7. The number of aliphatic hydroxyl groups is 1. The lowest BCUT2D eigenvalue weighted by Gasteiger charge is -2.20. The van der Waals surface area contributed by atoms with E-state index in [9.17, 15) is 5.11 Å². The van der Waals surface area contributed by atoms with Gasteiger partial charge in [-0.15, -0.1) is 0 Å². The molecule has 0 aromatic carbocycles. The van der Waals surface area contributed by atoms with Crippen molar-refractivity contribution in [2.24, 2.45) is 0 Å². The van der Waals surface area contributed by atoms with Gasteiger partial charge in [0.05, 0.1) is 25.4 Å². The Morgan fingerprint density at radius 1 is 1.60 bits per heavy atom. The fourth-order valence-corrected chi connectivity index (χ4v) is 1.75. The second kappa shape index (κ2) is 4.70. The Hall–Kier alpha value is -0.970. The van der Waals surface area contributed by atoms with Crippen LogP contribution in [0, 0.1) is 0 Å². The SMILES string of the molecule is C[C@@H](NC1COCC1O)c1cccnc1.